The zero-order valence-electron chi connectivity index (χ0n) is 10.8. The van der Waals surface area contributed by atoms with Gasteiger partial charge in [0.1, 0.15) is 0 Å². The zero-order valence-corrected chi connectivity index (χ0v) is 10.8. The van der Waals surface area contributed by atoms with Gasteiger partial charge in [-0.1, -0.05) is 6.42 Å². The summed E-state index contributed by atoms with van der Waals surface area (Å²) in [5.41, 5.74) is 5.97. The van der Waals surface area contributed by atoms with Gasteiger partial charge in [0.15, 0.2) is 5.69 Å². The quantitative estimate of drug-likeness (QED) is 0.621. The highest BCUT2D eigenvalue weighted by atomic mass is 16.6. The Kier molecular flexibility index (Phi) is 3.84. The second-order valence-electron chi connectivity index (χ2n) is 4.90. The molecule has 1 amide bonds. The highest BCUT2D eigenvalue weighted by Crippen LogP contribution is 2.25. The van der Waals surface area contributed by atoms with Crippen molar-refractivity contribution in [3.63, 3.8) is 0 Å². The lowest BCUT2D eigenvalue weighted by atomic mass is 10.0. The van der Waals surface area contributed by atoms with Crippen molar-refractivity contribution in [3.05, 3.63) is 27.9 Å². The van der Waals surface area contributed by atoms with E-state index in [0.29, 0.717) is 18.2 Å². The minimum Gasteiger partial charge on any atom is -0.358 e. The summed E-state index contributed by atoms with van der Waals surface area (Å²) >= 11 is 0. The Morgan fingerprint density at radius 2 is 2.32 bits per heavy atom. The van der Waals surface area contributed by atoms with Crippen LogP contribution in [0.3, 0.4) is 0 Å². The Morgan fingerprint density at radius 3 is 2.89 bits per heavy atom. The number of rotatable bonds is 4. The van der Waals surface area contributed by atoms with Crippen molar-refractivity contribution in [2.45, 2.75) is 25.3 Å². The molecule has 19 heavy (non-hydrogen) atoms. The lowest BCUT2D eigenvalue weighted by Crippen LogP contribution is -2.40. The monoisotopic (exact) mass is 266 g/mol. The Labute approximate surface area is 110 Å². The van der Waals surface area contributed by atoms with Gasteiger partial charge in [0.25, 0.3) is 5.91 Å². The second kappa shape index (κ2) is 5.40. The number of carbonyl (C=O) groups excluding carboxylic acids is 1. The van der Waals surface area contributed by atoms with E-state index in [0.717, 1.165) is 19.3 Å². The van der Waals surface area contributed by atoms with E-state index in [9.17, 15) is 14.9 Å². The third kappa shape index (κ3) is 2.60. The molecule has 7 heteroatoms. The fourth-order valence-corrected chi connectivity index (χ4v) is 2.66. The normalized spacial score (nSPS) is 22.4. The molecule has 1 aromatic rings. The van der Waals surface area contributed by atoms with Gasteiger partial charge < -0.3 is 21.2 Å². The molecule has 1 aliphatic carbocycles. The van der Waals surface area contributed by atoms with Gasteiger partial charge in [-0.05, 0) is 36.3 Å². The third-order valence-electron chi connectivity index (χ3n) is 3.79. The molecule has 7 nitrogen and oxygen atoms in total. The van der Waals surface area contributed by atoms with Crippen LogP contribution in [0.1, 0.15) is 29.8 Å². The zero-order chi connectivity index (χ0) is 14.0. The second-order valence-corrected chi connectivity index (χ2v) is 4.90. The number of aromatic nitrogens is 1. The van der Waals surface area contributed by atoms with Crippen LogP contribution in [0.2, 0.25) is 0 Å². The molecular formula is C12H18N4O3. The molecule has 2 atom stereocenters. The van der Waals surface area contributed by atoms with Crippen LogP contribution in [-0.4, -0.2) is 28.0 Å². The Balaban J connectivity index is 2.10. The molecule has 1 fully saturated rings. The summed E-state index contributed by atoms with van der Waals surface area (Å²) in [6, 6.07) is 2.88. The minimum atomic E-state index is -0.505. The first-order valence-corrected chi connectivity index (χ1v) is 6.35. The molecular weight excluding hydrogens is 248 g/mol. The number of nitro groups is 1. The van der Waals surface area contributed by atoms with E-state index in [1.165, 1.54) is 23.7 Å². The van der Waals surface area contributed by atoms with Crippen molar-refractivity contribution < 1.29 is 9.72 Å². The number of nitrogens with two attached hydrogens (primary N) is 1. The number of nitrogens with zero attached hydrogens (tertiary/aromatic N) is 2. The predicted molar refractivity (Wildman–Crippen MR) is 69.7 cm³/mol. The summed E-state index contributed by atoms with van der Waals surface area (Å²) in [6.45, 7) is 0.554. The van der Waals surface area contributed by atoms with E-state index in [4.69, 9.17) is 5.73 Å². The molecule has 0 radical (unpaired) electrons. The summed E-state index contributed by atoms with van der Waals surface area (Å²) in [5.74, 6) is -0.0629. The summed E-state index contributed by atoms with van der Waals surface area (Å²) < 4.78 is 1.29. The third-order valence-corrected chi connectivity index (χ3v) is 3.79. The predicted octanol–water partition coefficient (Wildman–Crippen LogP) is 0.791. The van der Waals surface area contributed by atoms with Crippen molar-refractivity contribution in [2.75, 3.05) is 6.54 Å². The molecule has 3 N–H and O–H groups in total. The van der Waals surface area contributed by atoms with Crippen LogP contribution in [-0.2, 0) is 7.05 Å². The molecule has 0 saturated heterocycles. The van der Waals surface area contributed by atoms with Crippen molar-refractivity contribution in [2.24, 2.45) is 18.7 Å². The van der Waals surface area contributed by atoms with Crippen LogP contribution in [0.15, 0.2) is 12.1 Å². The van der Waals surface area contributed by atoms with Crippen molar-refractivity contribution in [1.82, 2.24) is 9.88 Å². The SMILES string of the molecule is Cn1c(C(=O)NC2CCCC2CN)ccc1[N+](=O)[O-]. The van der Waals surface area contributed by atoms with Gasteiger partial charge >= 0.3 is 5.82 Å². The maximum absolute atomic E-state index is 12.1. The van der Waals surface area contributed by atoms with E-state index in [-0.39, 0.29) is 17.8 Å². The van der Waals surface area contributed by atoms with Gasteiger partial charge in [-0.15, -0.1) is 0 Å². The van der Waals surface area contributed by atoms with Gasteiger partial charge in [0.05, 0.1) is 7.05 Å². The van der Waals surface area contributed by atoms with Crippen LogP contribution >= 0.6 is 0 Å². The first kappa shape index (κ1) is 13.5. The lowest BCUT2D eigenvalue weighted by molar-refractivity contribution is -0.391. The Morgan fingerprint density at radius 1 is 1.58 bits per heavy atom. The van der Waals surface area contributed by atoms with Crippen LogP contribution in [0.4, 0.5) is 5.82 Å². The molecule has 104 valence electrons. The van der Waals surface area contributed by atoms with Gasteiger partial charge in [0.2, 0.25) is 0 Å². The number of hydrogen-bond acceptors (Lipinski definition) is 4. The van der Waals surface area contributed by atoms with Crippen molar-refractivity contribution in [1.29, 1.82) is 0 Å². The Bertz CT molecular complexity index is 497. The molecule has 0 aromatic carbocycles. The Hall–Kier alpha value is -1.89. The van der Waals surface area contributed by atoms with Crippen LogP contribution < -0.4 is 11.1 Å². The number of amides is 1. The average Bonchev–Trinajstić information content (AvgIpc) is 2.95. The van der Waals surface area contributed by atoms with Gasteiger partial charge in [-0.2, -0.15) is 0 Å². The van der Waals surface area contributed by atoms with Crippen LogP contribution in [0.25, 0.3) is 0 Å². The molecule has 1 aliphatic rings. The molecule has 2 rings (SSSR count). The maximum Gasteiger partial charge on any atom is 0.323 e. The summed E-state index contributed by atoms with van der Waals surface area (Å²) in [4.78, 5) is 22.4. The average molecular weight is 266 g/mol. The standard InChI is InChI=1S/C12H18N4O3/c1-15-10(5-6-11(15)16(18)19)12(17)14-9-4-2-3-8(9)7-13/h5-6,8-9H,2-4,7,13H2,1H3,(H,14,17). The summed E-state index contributed by atoms with van der Waals surface area (Å²) in [5, 5.41) is 13.7. The molecule has 1 heterocycles. The van der Waals surface area contributed by atoms with Crippen LogP contribution in [0, 0.1) is 16.0 Å². The van der Waals surface area contributed by atoms with Gasteiger partial charge in [0, 0.05) is 12.1 Å². The number of hydrogen-bond donors (Lipinski definition) is 2. The highest BCUT2D eigenvalue weighted by Gasteiger charge is 2.29. The fourth-order valence-electron chi connectivity index (χ4n) is 2.66. The largest absolute Gasteiger partial charge is 0.358 e. The smallest absolute Gasteiger partial charge is 0.323 e. The van der Waals surface area contributed by atoms with E-state index in [1.54, 1.807) is 0 Å². The highest BCUT2D eigenvalue weighted by molar-refractivity contribution is 5.93. The molecule has 0 bridgehead atoms. The van der Waals surface area contributed by atoms with Crippen LogP contribution in [0.5, 0.6) is 0 Å². The molecule has 0 aliphatic heterocycles. The maximum atomic E-state index is 12.1. The topological polar surface area (TPSA) is 103 Å². The summed E-state index contributed by atoms with van der Waals surface area (Å²) in [7, 11) is 1.52. The van der Waals surface area contributed by atoms with E-state index < -0.39 is 4.92 Å². The first-order chi connectivity index (χ1) is 9.04. The lowest BCUT2D eigenvalue weighted by Gasteiger charge is -2.18. The number of carbonyl (C=O) groups is 1. The molecule has 1 saturated carbocycles. The van der Waals surface area contributed by atoms with Crippen molar-refractivity contribution in [3.8, 4) is 0 Å². The number of nitrogens with one attached hydrogen (secondary N) is 1. The van der Waals surface area contributed by atoms with Crippen molar-refractivity contribution >= 4 is 11.7 Å². The van der Waals surface area contributed by atoms with E-state index in [1.807, 2.05) is 0 Å². The van der Waals surface area contributed by atoms with E-state index >= 15 is 0 Å². The minimum absolute atomic E-state index is 0.0754. The van der Waals surface area contributed by atoms with Gasteiger partial charge in [-0.25, -0.2) is 4.57 Å². The van der Waals surface area contributed by atoms with E-state index in [2.05, 4.69) is 5.32 Å². The fraction of sp³-hybridized carbons (Fsp3) is 0.583. The summed E-state index contributed by atoms with van der Waals surface area (Å²) in [6.07, 6.45) is 2.99. The molecule has 1 aromatic heterocycles. The molecule has 2 unspecified atom stereocenters. The first-order valence-electron chi connectivity index (χ1n) is 6.35. The molecule has 0 spiro atoms. The van der Waals surface area contributed by atoms with Gasteiger partial charge in [-0.3, -0.25) is 4.79 Å².